The van der Waals surface area contributed by atoms with Gasteiger partial charge < -0.3 is 10.1 Å². The van der Waals surface area contributed by atoms with Crippen LogP contribution in [0.4, 0.5) is 10.6 Å². The maximum Gasteiger partial charge on any atom is 0.420 e. The van der Waals surface area contributed by atoms with Crippen LogP contribution in [0.5, 0.6) is 0 Å². The highest BCUT2D eigenvalue weighted by molar-refractivity contribution is 7.18. The Morgan fingerprint density at radius 2 is 1.93 bits per heavy atom. The van der Waals surface area contributed by atoms with E-state index in [1.807, 2.05) is 32.2 Å². The third kappa shape index (κ3) is 4.29. The van der Waals surface area contributed by atoms with Crippen molar-refractivity contribution in [2.24, 2.45) is 0 Å². The van der Waals surface area contributed by atoms with Gasteiger partial charge in [-0.05, 0) is 59.4 Å². The summed E-state index contributed by atoms with van der Waals surface area (Å²) in [4.78, 5) is 22.9. The van der Waals surface area contributed by atoms with Gasteiger partial charge in [-0.25, -0.2) is 19.3 Å². The fourth-order valence-electron chi connectivity index (χ4n) is 3.03. The molecule has 0 spiro atoms. The van der Waals surface area contributed by atoms with E-state index in [9.17, 15) is 4.79 Å². The second-order valence-corrected chi connectivity index (χ2v) is 10.0. The minimum absolute atomic E-state index is 0.212. The molecule has 0 radical (unpaired) electrons. The predicted octanol–water partition coefficient (Wildman–Crippen LogP) is 5.98. The largest absolute Gasteiger partial charge is 0.443 e. The number of pyridine rings is 1. The van der Waals surface area contributed by atoms with E-state index < -0.39 is 11.7 Å². The molecular weight excluding hydrogens is 372 g/mol. The number of hydrogen-bond donors (Lipinski definition) is 1. The zero-order chi connectivity index (χ0) is 20.7. The van der Waals surface area contributed by atoms with Crippen LogP contribution in [0.25, 0.3) is 21.3 Å². The number of aryl methyl sites for hydroxylation is 1. The maximum absolute atomic E-state index is 13.2. The van der Waals surface area contributed by atoms with Crippen molar-refractivity contribution in [2.45, 2.75) is 78.9 Å². The lowest BCUT2D eigenvalue weighted by Crippen LogP contribution is -2.30. The second kappa shape index (κ2) is 7.35. The molecule has 0 bridgehead atoms. The van der Waals surface area contributed by atoms with E-state index >= 15 is 0 Å². The van der Waals surface area contributed by atoms with Crippen LogP contribution in [0.15, 0.2) is 11.4 Å². The van der Waals surface area contributed by atoms with E-state index in [0.29, 0.717) is 17.8 Å². The van der Waals surface area contributed by atoms with Crippen molar-refractivity contribution in [3.8, 4) is 0 Å². The third-order valence-electron chi connectivity index (χ3n) is 4.09. The first-order valence-electron chi connectivity index (χ1n) is 9.80. The van der Waals surface area contributed by atoms with Crippen LogP contribution >= 0.6 is 11.3 Å². The number of ether oxygens (including phenoxy) is 1. The molecule has 3 aromatic rings. The molecule has 0 fully saturated rings. The topological polar surface area (TPSA) is 69.0 Å². The van der Waals surface area contributed by atoms with E-state index in [4.69, 9.17) is 14.7 Å². The summed E-state index contributed by atoms with van der Waals surface area (Å²) in [7, 11) is 0. The van der Waals surface area contributed by atoms with Gasteiger partial charge in [-0.2, -0.15) is 0 Å². The van der Waals surface area contributed by atoms with Crippen molar-refractivity contribution in [3.63, 3.8) is 0 Å². The molecule has 0 aliphatic carbocycles. The maximum atomic E-state index is 13.2. The van der Waals surface area contributed by atoms with Crippen LogP contribution in [-0.4, -0.2) is 31.8 Å². The van der Waals surface area contributed by atoms with Gasteiger partial charge in [0, 0.05) is 12.0 Å². The molecule has 0 saturated carbocycles. The van der Waals surface area contributed by atoms with Crippen LogP contribution in [0.1, 0.15) is 67.1 Å². The summed E-state index contributed by atoms with van der Waals surface area (Å²) in [5.74, 6) is 1.39. The SMILES string of the molecule is CCCCc1nc2c3sccc3nc(NC(C)(C)C)c2n1C(=O)OC(C)(C)C. The Labute approximate surface area is 170 Å². The van der Waals surface area contributed by atoms with Gasteiger partial charge >= 0.3 is 6.09 Å². The lowest BCUT2D eigenvalue weighted by molar-refractivity contribution is 0.0539. The number of carbonyl (C=O) groups excluding carboxylic acids is 1. The fraction of sp³-hybridized carbons (Fsp3) is 0.571. The highest BCUT2D eigenvalue weighted by atomic mass is 32.1. The van der Waals surface area contributed by atoms with Crippen molar-refractivity contribution in [1.29, 1.82) is 0 Å². The van der Waals surface area contributed by atoms with Gasteiger partial charge in [-0.1, -0.05) is 13.3 Å². The Morgan fingerprint density at radius 1 is 1.21 bits per heavy atom. The van der Waals surface area contributed by atoms with Crippen LogP contribution < -0.4 is 5.32 Å². The Morgan fingerprint density at radius 3 is 2.54 bits per heavy atom. The van der Waals surface area contributed by atoms with Crippen LogP contribution in [0, 0.1) is 0 Å². The Balaban J connectivity index is 2.30. The number of imidazole rings is 1. The van der Waals surface area contributed by atoms with Crippen molar-refractivity contribution in [1.82, 2.24) is 14.5 Å². The average molecular weight is 403 g/mol. The number of rotatable bonds is 4. The number of aromatic nitrogens is 3. The summed E-state index contributed by atoms with van der Waals surface area (Å²) in [5, 5.41) is 5.47. The lowest BCUT2D eigenvalue weighted by atomic mass is 10.1. The van der Waals surface area contributed by atoms with Crippen molar-refractivity contribution in [3.05, 3.63) is 17.3 Å². The fourth-order valence-corrected chi connectivity index (χ4v) is 3.86. The summed E-state index contributed by atoms with van der Waals surface area (Å²) in [5.41, 5.74) is 1.60. The number of hydrogen-bond acceptors (Lipinski definition) is 6. The van der Waals surface area contributed by atoms with E-state index in [2.05, 4.69) is 33.0 Å². The van der Waals surface area contributed by atoms with Crippen molar-refractivity contribution >= 4 is 44.5 Å². The molecule has 28 heavy (non-hydrogen) atoms. The molecule has 0 aliphatic heterocycles. The molecule has 3 rings (SSSR count). The molecule has 3 heterocycles. The summed E-state index contributed by atoms with van der Waals surface area (Å²) in [6.45, 7) is 14.0. The van der Waals surface area contributed by atoms with E-state index in [1.54, 1.807) is 15.9 Å². The van der Waals surface area contributed by atoms with Gasteiger partial charge in [0.2, 0.25) is 0 Å². The van der Waals surface area contributed by atoms with Crippen molar-refractivity contribution in [2.75, 3.05) is 5.32 Å². The highest BCUT2D eigenvalue weighted by Gasteiger charge is 2.27. The molecule has 0 saturated heterocycles. The molecule has 0 aliphatic rings. The number of anilines is 1. The molecular formula is C21H30N4O2S. The van der Waals surface area contributed by atoms with Gasteiger partial charge in [-0.3, -0.25) is 0 Å². The molecule has 7 heteroatoms. The molecule has 0 atom stereocenters. The van der Waals surface area contributed by atoms with Gasteiger partial charge in [0.1, 0.15) is 22.5 Å². The predicted molar refractivity (Wildman–Crippen MR) is 117 cm³/mol. The first-order chi connectivity index (χ1) is 13.0. The van der Waals surface area contributed by atoms with Crippen LogP contribution in [-0.2, 0) is 11.2 Å². The summed E-state index contributed by atoms with van der Waals surface area (Å²) >= 11 is 1.60. The molecule has 0 aromatic carbocycles. The van der Waals surface area contributed by atoms with E-state index in [1.165, 1.54) is 0 Å². The van der Waals surface area contributed by atoms with Crippen LogP contribution in [0.3, 0.4) is 0 Å². The minimum atomic E-state index is -0.590. The number of fused-ring (bicyclic) bond motifs is 3. The number of unbranched alkanes of at least 4 members (excludes halogenated alkanes) is 1. The number of nitrogens with one attached hydrogen (secondary N) is 1. The van der Waals surface area contributed by atoms with E-state index in [-0.39, 0.29) is 5.54 Å². The number of nitrogens with zero attached hydrogens (tertiary/aromatic N) is 3. The summed E-state index contributed by atoms with van der Waals surface area (Å²) in [6, 6.07) is 1.99. The van der Waals surface area contributed by atoms with Gasteiger partial charge in [0.05, 0.1) is 10.2 Å². The zero-order valence-corrected chi connectivity index (χ0v) is 18.7. The van der Waals surface area contributed by atoms with Crippen molar-refractivity contribution < 1.29 is 9.53 Å². The van der Waals surface area contributed by atoms with Crippen LogP contribution in [0.2, 0.25) is 0 Å². The van der Waals surface area contributed by atoms with Gasteiger partial charge in [0.25, 0.3) is 0 Å². The highest BCUT2D eigenvalue weighted by Crippen LogP contribution is 2.35. The summed E-state index contributed by atoms with van der Waals surface area (Å²) < 4.78 is 8.34. The summed E-state index contributed by atoms with van der Waals surface area (Å²) in [6.07, 6.45) is 2.29. The second-order valence-electron chi connectivity index (χ2n) is 9.11. The smallest absolute Gasteiger partial charge is 0.420 e. The normalized spacial score (nSPS) is 12.7. The Bertz CT molecular complexity index is 1010. The molecule has 0 amide bonds. The first-order valence-corrected chi connectivity index (χ1v) is 10.7. The quantitative estimate of drug-likeness (QED) is 0.581. The molecule has 1 N–H and O–H groups in total. The average Bonchev–Trinajstić information content (AvgIpc) is 3.13. The lowest BCUT2D eigenvalue weighted by Gasteiger charge is -2.23. The Hall–Kier alpha value is -2.15. The third-order valence-corrected chi connectivity index (χ3v) is 5.00. The van der Waals surface area contributed by atoms with Gasteiger partial charge in [-0.15, -0.1) is 11.3 Å². The van der Waals surface area contributed by atoms with Gasteiger partial charge in [0.15, 0.2) is 5.82 Å². The number of carbonyl (C=O) groups is 1. The zero-order valence-electron chi connectivity index (χ0n) is 17.8. The minimum Gasteiger partial charge on any atom is -0.443 e. The molecule has 0 unspecified atom stereocenters. The Kier molecular flexibility index (Phi) is 5.40. The standard InChI is InChI=1S/C21H30N4O2S/c1-8-9-10-14-23-15-16(25(14)19(26)27-21(5,6)7)18(24-20(2,3)4)22-13-11-12-28-17(13)15/h11-12H,8-10H2,1-7H3,(H,22,24). The van der Waals surface area contributed by atoms with E-state index in [0.717, 1.165) is 34.4 Å². The first kappa shape index (κ1) is 20.6. The molecule has 3 aromatic heterocycles. The molecule has 152 valence electrons. The number of thiophene rings is 1. The molecule has 6 nitrogen and oxygen atoms in total. The monoisotopic (exact) mass is 402 g/mol.